The first-order chi connectivity index (χ1) is 9.15. The molecule has 1 aliphatic heterocycles. The van der Waals surface area contributed by atoms with Crippen LogP contribution >= 0.6 is 0 Å². The van der Waals surface area contributed by atoms with Gasteiger partial charge in [0.2, 0.25) is 0 Å². The van der Waals surface area contributed by atoms with Crippen LogP contribution in [0.25, 0.3) is 0 Å². The number of rotatable bonds is 3. The minimum atomic E-state index is 0.0717. The fourth-order valence-electron chi connectivity index (χ4n) is 2.88. The van der Waals surface area contributed by atoms with Crippen LogP contribution < -0.4 is 4.90 Å². The van der Waals surface area contributed by atoms with Gasteiger partial charge in [-0.05, 0) is 50.3 Å². The van der Waals surface area contributed by atoms with Gasteiger partial charge in [0.25, 0.3) is 0 Å². The van der Waals surface area contributed by atoms with Gasteiger partial charge in [-0.1, -0.05) is 0 Å². The SMILES string of the molecule is Cc1cc(CO)cc(N2C[C@@H](C)O[C@@H](C3CC3)C2)n1. The molecule has 1 aromatic rings. The molecule has 19 heavy (non-hydrogen) atoms. The summed E-state index contributed by atoms with van der Waals surface area (Å²) in [4.78, 5) is 6.92. The van der Waals surface area contributed by atoms with Crippen LogP contribution in [0.1, 0.15) is 31.0 Å². The van der Waals surface area contributed by atoms with E-state index in [0.29, 0.717) is 6.10 Å². The molecule has 0 bridgehead atoms. The fraction of sp³-hybridized carbons (Fsp3) is 0.667. The first-order valence-corrected chi connectivity index (χ1v) is 7.14. The summed E-state index contributed by atoms with van der Waals surface area (Å²) in [7, 11) is 0. The number of hydrogen-bond acceptors (Lipinski definition) is 4. The van der Waals surface area contributed by atoms with E-state index in [1.54, 1.807) is 0 Å². The quantitative estimate of drug-likeness (QED) is 0.903. The summed E-state index contributed by atoms with van der Waals surface area (Å²) in [6.45, 7) is 5.98. The van der Waals surface area contributed by atoms with Crippen molar-refractivity contribution in [2.24, 2.45) is 5.92 Å². The first-order valence-electron chi connectivity index (χ1n) is 7.14. The lowest BCUT2D eigenvalue weighted by molar-refractivity contribution is -0.0273. The maximum Gasteiger partial charge on any atom is 0.129 e. The molecule has 1 saturated heterocycles. The van der Waals surface area contributed by atoms with Gasteiger partial charge in [0.1, 0.15) is 5.82 Å². The van der Waals surface area contributed by atoms with Crippen LogP contribution in [0.5, 0.6) is 0 Å². The molecule has 3 rings (SSSR count). The smallest absolute Gasteiger partial charge is 0.129 e. The van der Waals surface area contributed by atoms with Crippen LogP contribution in [-0.2, 0) is 11.3 Å². The molecule has 2 atom stereocenters. The number of ether oxygens (including phenoxy) is 1. The van der Waals surface area contributed by atoms with Crippen LogP contribution in [0.4, 0.5) is 5.82 Å². The van der Waals surface area contributed by atoms with Crippen LogP contribution in [0.15, 0.2) is 12.1 Å². The van der Waals surface area contributed by atoms with E-state index in [-0.39, 0.29) is 12.7 Å². The van der Waals surface area contributed by atoms with E-state index in [1.165, 1.54) is 12.8 Å². The third-order valence-corrected chi connectivity index (χ3v) is 3.94. The molecule has 0 unspecified atom stereocenters. The zero-order valence-electron chi connectivity index (χ0n) is 11.7. The van der Waals surface area contributed by atoms with Crippen molar-refractivity contribution in [1.29, 1.82) is 0 Å². The lowest BCUT2D eigenvalue weighted by Gasteiger charge is -2.38. The second kappa shape index (κ2) is 5.10. The van der Waals surface area contributed by atoms with E-state index in [4.69, 9.17) is 4.74 Å². The van der Waals surface area contributed by atoms with Crippen molar-refractivity contribution in [3.8, 4) is 0 Å². The maximum absolute atomic E-state index is 9.32. The second-order valence-corrected chi connectivity index (χ2v) is 5.86. The van der Waals surface area contributed by atoms with Crippen molar-refractivity contribution in [1.82, 2.24) is 4.98 Å². The summed E-state index contributed by atoms with van der Waals surface area (Å²) < 4.78 is 6.03. The number of morpholine rings is 1. The summed E-state index contributed by atoms with van der Waals surface area (Å²) in [5.41, 5.74) is 1.90. The van der Waals surface area contributed by atoms with E-state index < -0.39 is 0 Å². The molecule has 2 aliphatic rings. The Balaban J connectivity index is 1.81. The van der Waals surface area contributed by atoms with Gasteiger partial charge >= 0.3 is 0 Å². The van der Waals surface area contributed by atoms with Gasteiger partial charge < -0.3 is 14.7 Å². The number of hydrogen-bond donors (Lipinski definition) is 1. The van der Waals surface area contributed by atoms with Crippen molar-refractivity contribution in [2.75, 3.05) is 18.0 Å². The number of pyridine rings is 1. The largest absolute Gasteiger partial charge is 0.392 e. The van der Waals surface area contributed by atoms with E-state index in [1.807, 2.05) is 19.1 Å². The molecular formula is C15H22N2O2. The summed E-state index contributed by atoms with van der Waals surface area (Å²) in [5.74, 6) is 1.72. The van der Waals surface area contributed by atoms with Gasteiger partial charge in [0.05, 0.1) is 18.8 Å². The molecule has 4 heteroatoms. The zero-order chi connectivity index (χ0) is 13.4. The van der Waals surface area contributed by atoms with E-state index in [2.05, 4.69) is 16.8 Å². The first kappa shape index (κ1) is 12.9. The Kier molecular flexibility index (Phi) is 3.46. The number of anilines is 1. The molecule has 0 aromatic carbocycles. The summed E-state index contributed by atoms with van der Waals surface area (Å²) >= 11 is 0. The highest BCUT2D eigenvalue weighted by Crippen LogP contribution is 2.37. The minimum absolute atomic E-state index is 0.0717. The van der Waals surface area contributed by atoms with E-state index in [0.717, 1.165) is 36.1 Å². The lowest BCUT2D eigenvalue weighted by Crippen LogP contribution is -2.48. The van der Waals surface area contributed by atoms with Crippen molar-refractivity contribution in [3.05, 3.63) is 23.4 Å². The highest BCUT2D eigenvalue weighted by Gasteiger charge is 2.37. The van der Waals surface area contributed by atoms with Gasteiger partial charge in [-0.3, -0.25) is 0 Å². The Morgan fingerprint density at radius 3 is 2.84 bits per heavy atom. The van der Waals surface area contributed by atoms with Crippen LogP contribution in [0, 0.1) is 12.8 Å². The Labute approximate surface area is 114 Å². The van der Waals surface area contributed by atoms with E-state index in [9.17, 15) is 5.11 Å². The molecule has 2 heterocycles. The summed E-state index contributed by atoms with van der Waals surface area (Å²) in [5, 5.41) is 9.32. The Bertz CT molecular complexity index is 459. The van der Waals surface area contributed by atoms with Crippen LogP contribution in [0.3, 0.4) is 0 Å². The molecule has 4 nitrogen and oxygen atoms in total. The predicted octanol–water partition coefficient (Wildman–Crippen LogP) is 1.89. The number of aliphatic hydroxyl groups excluding tert-OH is 1. The van der Waals surface area contributed by atoms with Crippen LogP contribution in [-0.4, -0.2) is 35.4 Å². The molecule has 0 spiro atoms. The van der Waals surface area contributed by atoms with Crippen molar-refractivity contribution >= 4 is 5.82 Å². The number of aromatic nitrogens is 1. The van der Waals surface area contributed by atoms with E-state index >= 15 is 0 Å². The number of aliphatic hydroxyl groups is 1. The van der Waals surface area contributed by atoms with Crippen molar-refractivity contribution < 1.29 is 9.84 Å². The zero-order valence-corrected chi connectivity index (χ0v) is 11.7. The fourth-order valence-corrected chi connectivity index (χ4v) is 2.88. The monoisotopic (exact) mass is 262 g/mol. The molecular weight excluding hydrogens is 240 g/mol. The molecule has 2 fully saturated rings. The van der Waals surface area contributed by atoms with Crippen LogP contribution in [0.2, 0.25) is 0 Å². The topological polar surface area (TPSA) is 45.6 Å². The van der Waals surface area contributed by atoms with Gasteiger partial charge in [-0.25, -0.2) is 4.98 Å². The minimum Gasteiger partial charge on any atom is -0.392 e. The molecule has 1 saturated carbocycles. The predicted molar refractivity (Wildman–Crippen MR) is 74.2 cm³/mol. The summed E-state index contributed by atoms with van der Waals surface area (Å²) in [6.07, 6.45) is 3.20. The molecule has 1 N–H and O–H groups in total. The molecule has 1 aromatic heterocycles. The van der Waals surface area contributed by atoms with Crippen molar-refractivity contribution in [3.63, 3.8) is 0 Å². The Morgan fingerprint density at radius 2 is 2.16 bits per heavy atom. The van der Waals surface area contributed by atoms with Gasteiger partial charge in [0, 0.05) is 18.8 Å². The normalized spacial score (nSPS) is 27.6. The molecule has 0 amide bonds. The Morgan fingerprint density at radius 1 is 1.37 bits per heavy atom. The van der Waals surface area contributed by atoms with Crippen molar-refractivity contribution in [2.45, 2.75) is 45.5 Å². The number of aryl methyl sites for hydroxylation is 1. The Hall–Kier alpha value is -1.13. The average Bonchev–Trinajstić information content (AvgIpc) is 3.21. The summed E-state index contributed by atoms with van der Waals surface area (Å²) in [6, 6.07) is 3.93. The van der Waals surface area contributed by atoms with Gasteiger partial charge in [-0.15, -0.1) is 0 Å². The lowest BCUT2D eigenvalue weighted by atomic mass is 10.1. The standard InChI is InChI=1S/C15H22N2O2/c1-10-5-12(9-18)6-15(16-10)17-7-11(2)19-14(8-17)13-3-4-13/h5-6,11,13-14,18H,3-4,7-9H2,1-2H3/t11-,14-/m1/s1. The van der Waals surface area contributed by atoms with Gasteiger partial charge in [0.15, 0.2) is 0 Å². The molecule has 0 radical (unpaired) electrons. The van der Waals surface area contributed by atoms with Gasteiger partial charge in [-0.2, -0.15) is 0 Å². The molecule has 104 valence electrons. The average molecular weight is 262 g/mol. The number of nitrogens with zero attached hydrogens (tertiary/aromatic N) is 2. The third-order valence-electron chi connectivity index (χ3n) is 3.94. The highest BCUT2D eigenvalue weighted by molar-refractivity contribution is 5.43. The second-order valence-electron chi connectivity index (χ2n) is 5.86. The highest BCUT2D eigenvalue weighted by atomic mass is 16.5. The third kappa shape index (κ3) is 2.90. The maximum atomic E-state index is 9.32. The molecule has 1 aliphatic carbocycles.